The molecule has 0 unspecified atom stereocenters. The Morgan fingerprint density at radius 3 is 2.61 bits per heavy atom. The van der Waals surface area contributed by atoms with E-state index in [1.165, 1.54) is 22.3 Å². The zero-order chi connectivity index (χ0) is 20.5. The lowest BCUT2D eigenvalue weighted by molar-refractivity contribution is 0.0544. The van der Waals surface area contributed by atoms with Crippen LogP contribution in [0.4, 0.5) is 14.9 Å². The van der Waals surface area contributed by atoms with Gasteiger partial charge < -0.3 is 4.74 Å². The first-order valence-corrected chi connectivity index (χ1v) is 9.04. The van der Waals surface area contributed by atoms with Crippen LogP contribution in [0, 0.1) is 19.7 Å². The lowest BCUT2D eigenvalue weighted by atomic mass is 10.1. The Morgan fingerprint density at radius 1 is 1.18 bits per heavy atom. The van der Waals surface area contributed by atoms with Crippen molar-refractivity contribution in [3.05, 3.63) is 65.1 Å². The quantitative estimate of drug-likeness (QED) is 0.473. The molecule has 2 aromatic carbocycles. The van der Waals surface area contributed by atoms with Gasteiger partial charge in [0.1, 0.15) is 11.4 Å². The minimum absolute atomic E-state index is 0.383. The molecule has 28 heavy (non-hydrogen) atoms. The molecule has 0 amide bonds. The highest BCUT2D eigenvalue weighted by molar-refractivity contribution is 6.02. The van der Waals surface area contributed by atoms with Crippen molar-refractivity contribution in [1.82, 2.24) is 4.57 Å². The van der Waals surface area contributed by atoms with Crippen LogP contribution in [-0.2, 0) is 4.74 Å². The van der Waals surface area contributed by atoms with Crippen molar-refractivity contribution in [3.63, 3.8) is 0 Å². The first-order chi connectivity index (χ1) is 13.1. The lowest BCUT2D eigenvalue weighted by Crippen LogP contribution is -2.26. The molecule has 0 fully saturated rings. The monoisotopic (exact) mass is 381 g/mol. The Morgan fingerprint density at radius 2 is 1.93 bits per heavy atom. The minimum atomic E-state index is -0.632. The van der Waals surface area contributed by atoms with Gasteiger partial charge in [-0.25, -0.2) is 9.18 Å². The van der Waals surface area contributed by atoms with Crippen LogP contribution in [0.15, 0.2) is 47.7 Å². The highest BCUT2D eigenvalue weighted by Crippen LogP contribution is 2.23. The van der Waals surface area contributed by atoms with Gasteiger partial charge in [-0.1, -0.05) is 17.7 Å². The average molecular weight is 381 g/mol. The normalized spacial score (nSPS) is 11.9. The number of nitrogens with one attached hydrogen (secondary N) is 1. The number of hydrogen-bond acceptors (Lipinski definition) is 4. The highest BCUT2D eigenvalue weighted by atomic mass is 19.1. The molecule has 3 rings (SSSR count). The third-order valence-electron chi connectivity index (χ3n) is 4.16. The third-order valence-corrected chi connectivity index (χ3v) is 4.16. The molecule has 0 spiro atoms. The maximum atomic E-state index is 13.8. The number of benzene rings is 2. The van der Waals surface area contributed by atoms with Crippen LogP contribution in [0.3, 0.4) is 0 Å². The van der Waals surface area contributed by atoms with E-state index in [0.717, 1.165) is 11.3 Å². The zero-order valence-corrected chi connectivity index (χ0v) is 16.7. The van der Waals surface area contributed by atoms with E-state index in [-0.39, 0.29) is 5.82 Å². The second kappa shape index (κ2) is 7.46. The van der Waals surface area contributed by atoms with E-state index >= 15 is 0 Å². The van der Waals surface area contributed by atoms with Crippen molar-refractivity contribution in [1.29, 1.82) is 0 Å². The van der Waals surface area contributed by atoms with Gasteiger partial charge in [0.25, 0.3) is 0 Å². The van der Waals surface area contributed by atoms with Crippen LogP contribution in [0.5, 0.6) is 0 Å². The lowest BCUT2D eigenvalue weighted by Gasteiger charge is -2.19. The maximum Gasteiger partial charge on any atom is 0.419 e. The van der Waals surface area contributed by atoms with Crippen LogP contribution in [0.1, 0.15) is 37.5 Å². The third kappa shape index (κ3) is 4.39. The second-order valence-electron chi connectivity index (χ2n) is 7.78. The summed E-state index contributed by atoms with van der Waals surface area (Å²) in [7, 11) is 0. The molecule has 1 aromatic heterocycles. The molecule has 0 saturated heterocycles. The largest absolute Gasteiger partial charge is 0.443 e. The van der Waals surface area contributed by atoms with Gasteiger partial charge in [-0.3, -0.25) is 9.99 Å². The number of hydrazone groups is 1. The summed E-state index contributed by atoms with van der Waals surface area (Å²) in [6.45, 7) is 9.42. The summed E-state index contributed by atoms with van der Waals surface area (Å²) in [6, 6.07) is 10.3. The van der Waals surface area contributed by atoms with E-state index < -0.39 is 11.7 Å². The van der Waals surface area contributed by atoms with Gasteiger partial charge in [0.2, 0.25) is 0 Å². The van der Waals surface area contributed by atoms with Crippen LogP contribution >= 0.6 is 0 Å². The Kier molecular flexibility index (Phi) is 5.23. The van der Waals surface area contributed by atoms with Crippen molar-refractivity contribution in [2.45, 2.75) is 40.2 Å². The van der Waals surface area contributed by atoms with E-state index in [2.05, 4.69) is 16.6 Å². The molecule has 0 radical (unpaired) electrons. The Balaban J connectivity index is 1.94. The number of nitrogens with zero attached hydrogens (tertiary/aromatic N) is 2. The van der Waals surface area contributed by atoms with Gasteiger partial charge in [0.05, 0.1) is 17.4 Å². The van der Waals surface area contributed by atoms with Crippen LogP contribution in [0.25, 0.3) is 10.9 Å². The van der Waals surface area contributed by atoms with E-state index in [1.807, 2.05) is 26.0 Å². The minimum Gasteiger partial charge on any atom is -0.443 e. The van der Waals surface area contributed by atoms with E-state index in [0.29, 0.717) is 16.5 Å². The van der Waals surface area contributed by atoms with Gasteiger partial charge >= 0.3 is 6.09 Å². The van der Waals surface area contributed by atoms with E-state index in [1.54, 1.807) is 39.2 Å². The summed E-state index contributed by atoms with van der Waals surface area (Å²) >= 11 is 0. The molecule has 0 saturated carbocycles. The Labute approximate surface area is 163 Å². The molecule has 0 aliphatic heterocycles. The van der Waals surface area contributed by atoms with E-state index in [4.69, 9.17) is 4.74 Å². The number of hydrogen-bond donors (Lipinski definition) is 1. The fraction of sp³-hybridized carbons (Fsp3) is 0.273. The highest BCUT2D eigenvalue weighted by Gasteiger charge is 2.20. The fourth-order valence-electron chi connectivity index (χ4n) is 2.90. The number of halogens is 1. The molecule has 6 heteroatoms. The predicted octanol–water partition coefficient (Wildman–Crippen LogP) is 5.63. The molecule has 0 bridgehead atoms. The SMILES string of the molecule is Cc1ccc(N/N=C/c2cn(C(=O)OC(C)(C)C)c3ccc(F)cc23)c(C)c1. The maximum absolute atomic E-state index is 13.8. The van der Waals surface area contributed by atoms with Crippen molar-refractivity contribution in [3.8, 4) is 0 Å². The summed E-state index contributed by atoms with van der Waals surface area (Å²) < 4.78 is 20.6. The number of aryl methyl sites for hydroxylation is 2. The van der Waals surface area contributed by atoms with E-state index in [9.17, 15) is 9.18 Å². The number of ether oxygens (including phenoxy) is 1. The van der Waals surface area contributed by atoms with Crippen molar-refractivity contribution >= 4 is 28.9 Å². The first-order valence-electron chi connectivity index (χ1n) is 9.04. The number of anilines is 1. The number of rotatable bonds is 3. The molecular formula is C22H24FN3O2. The van der Waals surface area contributed by atoms with Crippen LogP contribution in [0.2, 0.25) is 0 Å². The smallest absolute Gasteiger partial charge is 0.419 e. The summed E-state index contributed by atoms with van der Waals surface area (Å²) in [5.41, 5.74) is 6.65. The number of fused-ring (bicyclic) bond motifs is 1. The van der Waals surface area contributed by atoms with Crippen molar-refractivity contribution in [2.75, 3.05) is 5.43 Å². The van der Waals surface area contributed by atoms with Crippen LogP contribution < -0.4 is 5.43 Å². The predicted molar refractivity (Wildman–Crippen MR) is 111 cm³/mol. The van der Waals surface area contributed by atoms with Gasteiger partial charge in [-0.15, -0.1) is 0 Å². The molecule has 0 atom stereocenters. The standard InChI is InChI=1S/C22H24FN3O2/c1-14-6-8-19(15(2)10-14)25-24-12-16-13-26(21(27)28-22(3,4)5)20-9-7-17(23)11-18(16)20/h6-13,25H,1-5H3/b24-12+. The second-order valence-corrected chi connectivity index (χ2v) is 7.78. The van der Waals surface area contributed by atoms with Gasteiger partial charge in [0.15, 0.2) is 0 Å². The van der Waals surface area contributed by atoms with Crippen molar-refractivity contribution < 1.29 is 13.9 Å². The number of aromatic nitrogens is 1. The number of carbonyl (C=O) groups excluding carboxylic acids is 1. The van der Waals surface area contributed by atoms with Crippen LogP contribution in [-0.4, -0.2) is 22.5 Å². The molecule has 0 aliphatic carbocycles. The zero-order valence-electron chi connectivity index (χ0n) is 16.7. The molecule has 3 aromatic rings. The topological polar surface area (TPSA) is 55.6 Å². The van der Waals surface area contributed by atoms with Gasteiger partial charge in [0, 0.05) is 17.1 Å². The molecular weight excluding hydrogens is 357 g/mol. The Hall–Kier alpha value is -3.15. The Bertz CT molecular complexity index is 1060. The molecule has 1 N–H and O–H groups in total. The summed E-state index contributed by atoms with van der Waals surface area (Å²) in [6.07, 6.45) is 2.65. The molecule has 146 valence electrons. The fourth-order valence-corrected chi connectivity index (χ4v) is 2.90. The van der Waals surface area contributed by atoms with Gasteiger partial charge in [-0.05, 0) is 64.4 Å². The van der Waals surface area contributed by atoms with Crippen molar-refractivity contribution in [2.24, 2.45) is 5.10 Å². The molecule has 1 heterocycles. The first kappa shape index (κ1) is 19.6. The summed E-state index contributed by atoms with van der Waals surface area (Å²) in [4.78, 5) is 12.5. The number of carbonyl (C=O) groups is 1. The summed E-state index contributed by atoms with van der Waals surface area (Å²) in [5.74, 6) is -0.383. The molecule has 0 aliphatic rings. The van der Waals surface area contributed by atoms with Gasteiger partial charge in [-0.2, -0.15) is 5.10 Å². The average Bonchev–Trinajstić information content (AvgIpc) is 2.93. The summed E-state index contributed by atoms with van der Waals surface area (Å²) in [5, 5.41) is 4.85. The molecule has 5 nitrogen and oxygen atoms in total.